The third kappa shape index (κ3) is 3.09. The summed E-state index contributed by atoms with van der Waals surface area (Å²) in [4.78, 5) is 19.8. The molecule has 0 saturated carbocycles. The number of methoxy groups -OCH3 is 1. The van der Waals surface area contributed by atoms with Crippen molar-refractivity contribution in [1.82, 2.24) is 9.97 Å². The largest absolute Gasteiger partial charge is 0.467 e. The molecule has 1 heterocycles. The lowest BCUT2D eigenvalue weighted by atomic mass is 10.1. The molecule has 100 valence electrons. The van der Waals surface area contributed by atoms with Crippen LogP contribution in [0.5, 0.6) is 0 Å². The number of carbonyl (C=O) groups excluding carboxylic acids is 1. The average Bonchev–Trinajstić information content (AvgIpc) is 2.53. The van der Waals surface area contributed by atoms with Crippen LogP contribution in [0.15, 0.2) is 42.6 Å². The van der Waals surface area contributed by atoms with Crippen LogP contribution in [-0.4, -0.2) is 23.0 Å². The Morgan fingerprint density at radius 3 is 2.75 bits per heavy atom. The third-order valence-electron chi connectivity index (χ3n) is 2.61. The summed E-state index contributed by atoms with van der Waals surface area (Å²) in [5.74, 6) is -0.259. The van der Waals surface area contributed by atoms with Crippen LogP contribution in [0, 0.1) is 11.3 Å². The Hall–Kier alpha value is -2.94. The van der Waals surface area contributed by atoms with Crippen LogP contribution in [-0.2, 0) is 9.53 Å². The van der Waals surface area contributed by atoms with Gasteiger partial charge >= 0.3 is 5.97 Å². The molecule has 2 rings (SSSR count). The van der Waals surface area contributed by atoms with Gasteiger partial charge in [0.1, 0.15) is 11.8 Å². The number of benzene rings is 1. The molecule has 0 fully saturated rings. The van der Waals surface area contributed by atoms with E-state index in [0.717, 1.165) is 5.56 Å². The summed E-state index contributed by atoms with van der Waals surface area (Å²) >= 11 is 0. The van der Waals surface area contributed by atoms with Crippen molar-refractivity contribution in [3.8, 4) is 6.07 Å². The van der Waals surface area contributed by atoms with E-state index < -0.39 is 12.0 Å². The van der Waals surface area contributed by atoms with Crippen LogP contribution in [0.4, 0.5) is 5.95 Å². The molecule has 1 N–H and O–H groups in total. The topological polar surface area (TPSA) is 87.9 Å². The van der Waals surface area contributed by atoms with Crippen LogP contribution in [0.2, 0.25) is 0 Å². The van der Waals surface area contributed by atoms with Crippen LogP contribution in [0.1, 0.15) is 17.3 Å². The van der Waals surface area contributed by atoms with Crippen molar-refractivity contribution in [3.05, 3.63) is 53.9 Å². The van der Waals surface area contributed by atoms with Gasteiger partial charge in [0.05, 0.1) is 7.11 Å². The zero-order valence-corrected chi connectivity index (χ0v) is 10.8. The number of rotatable bonds is 4. The molecule has 2 aromatic rings. The van der Waals surface area contributed by atoms with Gasteiger partial charge in [-0.2, -0.15) is 5.26 Å². The van der Waals surface area contributed by atoms with Crippen LogP contribution in [0.3, 0.4) is 0 Å². The van der Waals surface area contributed by atoms with Crippen molar-refractivity contribution >= 4 is 11.9 Å². The molecule has 0 aliphatic rings. The lowest BCUT2D eigenvalue weighted by molar-refractivity contribution is -0.141. The number of hydrogen-bond acceptors (Lipinski definition) is 6. The molecule has 1 aromatic heterocycles. The number of nitriles is 1. The number of anilines is 1. The van der Waals surface area contributed by atoms with Gasteiger partial charge in [-0.25, -0.2) is 14.8 Å². The van der Waals surface area contributed by atoms with Crippen molar-refractivity contribution in [2.24, 2.45) is 0 Å². The quantitative estimate of drug-likeness (QED) is 0.849. The molecule has 1 atom stereocenters. The number of hydrogen-bond donors (Lipinski definition) is 1. The molecule has 1 unspecified atom stereocenters. The summed E-state index contributed by atoms with van der Waals surface area (Å²) in [6.07, 6.45) is 1.45. The predicted octanol–water partition coefficient (Wildman–Crippen LogP) is 1.67. The van der Waals surface area contributed by atoms with E-state index in [0.29, 0.717) is 0 Å². The van der Waals surface area contributed by atoms with Gasteiger partial charge in [0.2, 0.25) is 5.95 Å². The fraction of sp³-hybridized carbons (Fsp3) is 0.143. The van der Waals surface area contributed by atoms with Crippen LogP contribution >= 0.6 is 0 Å². The molecule has 0 aliphatic carbocycles. The third-order valence-corrected chi connectivity index (χ3v) is 2.61. The highest BCUT2D eigenvalue weighted by Gasteiger charge is 2.22. The molecule has 0 spiro atoms. The summed E-state index contributed by atoms with van der Waals surface area (Å²) < 4.78 is 4.77. The first-order valence-electron chi connectivity index (χ1n) is 5.87. The summed E-state index contributed by atoms with van der Waals surface area (Å²) in [7, 11) is 1.31. The molecule has 0 amide bonds. The standard InChI is InChI=1S/C14H12N4O2/c1-20-13(19)12(10-5-3-2-4-6-10)18-14-16-8-7-11(9-15)17-14/h2-8,12H,1H3,(H,16,17,18). The Morgan fingerprint density at radius 2 is 2.10 bits per heavy atom. The van der Waals surface area contributed by atoms with Gasteiger partial charge in [0, 0.05) is 6.20 Å². The van der Waals surface area contributed by atoms with E-state index in [-0.39, 0.29) is 11.6 Å². The lowest BCUT2D eigenvalue weighted by Crippen LogP contribution is -2.23. The van der Waals surface area contributed by atoms with E-state index in [4.69, 9.17) is 10.00 Å². The maximum Gasteiger partial charge on any atom is 0.333 e. The highest BCUT2D eigenvalue weighted by atomic mass is 16.5. The van der Waals surface area contributed by atoms with Gasteiger partial charge in [-0.15, -0.1) is 0 Å². The minimum atomic E-state index is -0.727. The maximum atomic E-state index is 11.9. The fourth-order valence-electron chi connectivity index (χ4n) is 1.66. The predicted molar refractivity (Wildman–Crippen MR) is 71.6 cm³/mol. The molecule has 0 bridgehead atoms. The lowest BCUT2D eigenvalue weighted by Gasteiger charge is -2.16. The molecule has 6 nitrogen and oxygen atoms in total. The Labute approximate surface area is 116 Å². The van der Waals surface area contributed by atoms with E-state index in [1.165, 1.54) is 19.4 Å². The Kier molecular flexibility index (Phi) is 4.24. The number of nitrogens with zero attached hydrogens (tertiary/aromatic N) is 3. The van der Waals surface area contributed by atoms with Gasteiger partial charge in [-0.1, -0.05) is 30.3 Å². The van der Waals surface area contributed by atoms with Gasteiger partial charge in [0.15, 0.2) is 6.04 Å². The molecule has 0 aliphatic heterocycles. The number of carbonyl (C=O) groups is 1. The maximum absolute atomic E-state index is 11.9. The van der Waals surface area contributed by atoms with Crippen molar-refractivity contribution in [2.75, 3.05) is 12.4 Å². The van der Waals surface area contributed by atoms with Crippen LogP contribution in [0.25, 0.3) is 0 Å². The summed E-state index contributed by atoms with van der Waals surface area (Å²) in [6.45, 7) is 0. The molecule has 20 heavy (non-hydrogen) atoms. The first-order chi connectivity index (χ1) is 9.74. The van der Waals surface area contributed by atoms with Gasteiger partial charge in [-0.3, -0.25) is 0 Å². The van der Waals surface area contributed by atoms with Crippen molar-refractivity contribution < 1.29 is 9.53 Å². The van der Waals surface area contributed by atoms with Gasteiger partial charge < -0.3 is 10.1 Å². The zero-order valence-electron chi connectivity index (χ0n) is 10.8. The number of ether oxygens (including phenoxy) is 1. The summed E-state index contributed by atoms with van der Waals surface area (Å²) in [5.41, 5.74) is 0.949. The van der Waals surface area contributed by atoms with E-state index in [9.17, 15) is 4.79 Å². The second kappa shape index (κ2) is 6.29. The molecule has 0 saturated heterocycles. The summed E-state index contributed by atoms with van der Waals surface area (Å²) in [6, 6.07) is 11.8. The fourth-order valence-corrected chi connectivity index (χ4v) is 1.66. The molecular formula is C14H12N4O2. The van der Waals surface area contributed by atoms with Crippen molar-refractivity contribution in [1.29, 1.82) is 5.26 Å². The molecule has 1 aromatic carbocycles. The number of nitrogens with one attached hydrogen (secondary N) is 1. The minimum absolute atomic E-state index is 0.198. The zero-order chi connectivity index (χ0) is 14.4. The summed E-state index contributed by atoms with van der Waals surface area (Å²) in [5, 5.41) is 11.7. The first-order valence-corrected chi connectivity index (χ1v) is 5.87. The van der Waals surface area contributed by atoms with Crippen LogP contribution < -0.4 is 5.32 Å². The average molecular weight is 268 g/mol. The monoisotopic (exact) mass is 268 g/mol. The number of aromatic nitrogens is 2. The highest BCUT2D eigenvalue weighted by molar-refractivity contribution is 5.80. The molecule has 0 radical (unpaired) electrons. The van der Waals surface area contributed by atoms with Gasteiger partial charge in [-0.05, 0) is 11.6 Å². The normalized spacial score (nSPS) is 11.2. The smallest absolute Gasteiger partial charge is 0.333 e. The first kappa shape index (κ1) is 13.5. The SMILES string of the molecule is COC(=O)C(Nc1nccc(C#N)n1)c1ccccc1. The second-order valence-corrected chi connectivity index (χ2v) is 3.89. The minimum Gasteiger partial charge on any atom is -0.467 e. The Morgan fingerprint density at radius 1 is 1.35 bits per heavy atom. The van der Waals surface area contributed by atoms with Gasteiger partial charge in [0.25, 0.3) is 0 Å². The Bertz CT molecular complexity index is 637. The van der Waals surface area contributed by atoms with E-state index >= 15 is 0 Å². The van der Waals surface area contributed by atoms with E-state index in [2.05, 4.69) is 15.3 Å². The van der Waals surface area contributed by atoms with Crippen molar-refractivity contribution in [2.45, 2.75) is 6.04 Å². The Balaban J connectivity index is 2.29. The van der Waals surface area contributed by atoms with E-state index in [1.54, 1.807) is 12.1 Å². The molecule has 6 heteroatoms. The highest BCUT2D eigenvalue weighted by Crippen LogP contribution is 2.18. The number of esters is 1. The second-order valence-electron chi connectivity index (χ2n) is 3.89. The van der Waals surface area contributed by atoms with Crippen molar-refractivity contribution in [3.63, 3.8) is 0 Å². The van der Waals surface area contributed by atoms with E-state index in [1.807, 2.05) is 24.3 Å². The molecular weight excluding hydrogens is 256 g/mol.